The molecule has 260 valence electrons. The van der Waals surface area contributed by atoms with E-state index in [1.807, 2.05) is 29.2 Å². The number of likely N-dealkylation sites (tertiary alicyclic amines) is 3. The molecule has 0 saturated carbocycles. The van der Waals surface area contributed by atoms with Crippen molar-refractivity contribution in [1.82, 2.24) is 19.6 Å². The van der Waals surface area contributed by atoms with Gasteiger partial charge in [-0.15, -0.1) is 0 Å². The van der Waals surface area contributed by atoms with Crippen molar-refractivity contribution < 1.29 is 27.6 Å². The average molecular weight is 689 g/mol. The molecule has 4 amide bonds. The van der Waals surface area contributed by atoms with Crippen molar-refractivity contribution in [2.45, 2.75) is 76.2 Å². The summed E-state index contributed by atoms with van der Waals surface area (Å²) in [5.41, 5.74) is 0.997. The van der Waals surface area contributed by atoms with E-state index in [1.54, 1.807) is 9.80 Å². The van der Waals surface area contributed by atoms with Crippen LogP contribution in [0, 0.1) is 5.92 Å². The Balaban J connectivity index is 1.14. The zero-order valence-electron chi connectivity index (χ0n) is 27.3. The number of alkyl halides is 3. The maximum atomic E-state index is 14.1. The van der Waals surface area contributed by atoms with Gasteiger partial charge in [-0.05, 0) is 87.4 Å². The van der Waals surface area contributed by atoms with Crippen molar-refractivity contribution in [3.63, 3.8) is 0 Å². The third-order valence-electron chi connectivity index (χ3n) is 10.5. The average Bonchev–Trinajstić information content (AvgIpc) is 3.62. The number of anilines is 2. The molecule has 0 spiro atoms. The molecule has 3 fully saturated rings. The number of carbonyl (C=O) groups is 3. The molecule has 6 rings (SSSR count). The van der Waals surface area contributed by atoms with Gasteiger partial charge in [0.25, 0.3) is 0 Å². The summed E-state index contributed by atoms with van der Waals surface area (Å²) in [4.78, 5) is 48.5. The number of hydrogen-bond acceptors (Lipinski definition) is 5. The Morgan fingerprint density at radius 3 is 2.27 bits per heavy atom. The SMILES string of the molecule is CNc1c(Cl)cc(C[C@@H](CC(=O)N2CCC(N3Cc4ccccc4NC3=O)CC2)C(=O)N2CCC(N3CCCC3)CC2)cc1C(F)(F)F. The third kappa shape index (κ3) is 7.54. The van der Waals surface area contributed by atoms with Gasteiger partial charge < -0.3 is 30.2 Å². The molecular formula is C35H44ClF3N6O3. The van der Waals surface area contributed by atoms with Gasteiger partial charge in [0, 0.05) is 64.0 Å². The van der Waals surface area contributed by atoms with Gasteiger partial charge in [-0.25, -0.2) is 4.79 Å². The van der Waals surface area contributed by atoms with Crippen LogP contribution in [0.4, 0.5) is 29.3 Å². The van der Waals surface area contributed by atoms with E-state index in [0.717, 1.165) is 43.2 Å². The lowest BCUT2D eigenvalue weighted by molar-refractivity contribution is -0.143. The van der Waals surface area contributed by atoms with Gasteiger partial charge in [0.1, 0.15) is 0 Å². The molecule has 0 bridgehead atoms. The number of benzene rings is 2. The number of hydrogen-bond donors (Lipinski definition) is 2. The highest BCUT2D eigenvalue weighted by Gasteiger charge is 2.38. The first-order valence-electron chi connectivity index (χ1n) is 17.0. The van der Waals surface area contributed by atoms with Crippen LogP contribution in [0.25, 0.3) is 0 Å². The number of nitrogens with zero attached hydrogens (tertiary/aromatic N) is 4. The second-order valence-corrected chi connectivity index (χ2v) is 13.9. The van der Waals surface area contributed by atoms with Gasteiger partial charge in [-0.2, -0.15) is 13.2 Å². The van der Waals surface area contributed by atoms with Gasteiger partial charge in [0.05, 0.1) is 22.2 Å². The number of rotatable bonds is 8. The topological polar surface area (TPSA) is 88.2 Å². The van der Waals surface area contributed by atoms with Crippen molar-refractivity contribution in [3.8, 4) is 0 Å². The van der Waals surface area contributed by atoms with Gasteiger partial charge in [-0.3, -0.25) is 9.59 Å². The fourth-order valence-electron chi connectivity index (χ4n) is 7.89. The molecule has 2 aromatic carbocycles. The number of fused-ring (bicyclic) bond motifs is 1. The molecule has 2 N–H and O–H groups in total. The van der Waals surface area contributed by atoms with Crippen LogP contribution in [0.2, 0.25) is 5.02 Å². The molecule has 9 nitrogen and oxygen atoms in total. The van der Waals surface area contributed by atoms with Crippen LogP contribution in [-0.2, 0) is 28.7 Å². The number of piperidine rings is 2. The third-order valence-corrected chi connectivity index (χ3v) is 10.8. The number of urea groups is 1. The maximum absolute atomic E-state index is 14.1. The minimum absolute atomic E-state index is 0.0345. The number of para-hydroxylation sites is 1. The van der Waals surface area contributed by atoms with E-state index in [4.69, 9.17) is 11.6 Å². The first-order chi connectivity index (χ1) is 23.0. The van der Waals surface area contributed by atoms with E-state index < -0.39 is 17.7 Å². The largest absolute Gasteiger partial charge is 0.418 e. The summed E-state index contributed by atoms with van der Waals surface area (Å²) in [6.45, 7) is 4.63. The molecular weight excluding hydrogens is 645 g/mol. The fourth-order valence-corrected chi connectivity index (χ4v) is 8.23. The summed E-state index contributed by atoms with van der Waals surface area (Å²) < 4.78 is 42.0. The van der Waals surface area contributed by atoms with E-state index >= 15 is 0 Å². The summed E-state index contributed by atoms with van der Waals surface area (Å²) in [5, 5.41) is 5.41. The molecule has 4 heterocycles. The molecule has 4 aliphatic rings. The van der Waals surface area contributed by atoms with Crippen molar-refractivity contribution >= 4 is 40.8 Å². The Bertz CT molecular complexity index is 1500. The molecule has 0 aromatic heterocycles. The minimum Gasteiger partial charge on any atom is -0.386 e. The zero-order valence-corrected chi connectivity index (χ0v) is 28.1. The maximum Gasteiger partial charge on any atom is 0.418 e. The summed E-state index contributed by atoms with van der Waals surface area (Å²) in [7, 11) is 1.38. The van der Waals surface area contributed by atoms with E-state index in [1.165, 1.54) is 26.0 Å². The lowest BCUT2D eigenvalue weighted by Gasteiger charge is -2.41. The summed E-state index contributed by atoms with van der Waals surface area (Å²) in [5.74, 6) is -1.24. The van der Waals surface area contributed by atoms with Crippen molar-refractivity contribution in [2.24, 2.45) is 5.92 Å². The predicted octanol–water partition coefficient (Wildman–Crippen LogP) is 6.07. The molecule has 13 heteroatoms. The summed E-state index contributed by atoms with van der Waals surface area (Å²) >= 11 is 6.30. The number of halogens is 4. The van der Waals surface area contributed by atoms with Crippen LogP contribution in [0.15, 0.2) is 36.4 Å². The molecule has 0 aliphatic carbocycles. The van der Waals surface area contributed by atoms with Crippen LogP contribution in [0.1, 0.15) is 61.6 Å². The Morgan fingerprint density at radius 1 is 0.958 bits per heavy atom. The van der Waals surface area contributed by atoms with Crippen molar-refractivity contribution in [3.05, 3.63) is 58.1 Å². The molecule has 2 aromatic rings. The zero-order chi connectivity index (χ0) is 34.0. The molecule has 4 aliphatic heterocycles. The lowest BCUT2D eigenvalue weighted by Crippen LogP contribution is -2.51. The van der Waals surface area contributed by atoms with Gasteiger partial charge >= 0.3 is 12.2 Å². The van der Waals surface area contributed by atoms with Crippen LogP contribution in [0.5, 0.6) is 0 Å². The summed E-state index contributed by atoms with van der Waals surface area (Å²) in [6, 6.07) is 10.4. The normalized spacial score (nSPS) is 20.4. The highest BCUT2D eigenvalue weighted by Crippen LogP contribution is 2.40. The molecule has 0 unspecified atom stereocenters. The fraction of sp³-hybridized carbons (Fsp3) is 0.571. The number of amides is 4. The number of nitrogens with one attached hydrogen (secondary N) is 2. The second-order valence-electron chi connectivity index (χ2n) is 13.5. The van der Waals surface area contributed by atoms with E-state index in [-0.39, 0.29) is 53.0 Å². The van der Waals surface area contributed by atoms with E-state index in [2.05, 4.69) is 15.5 Å². The van der Waals surface area contributed by atoms with Crippen LogP contribution in [0.3, 0.4) is 0 Å². The number of carbonyl (C=O) groups excluding carboxylic acids is 3. The van der Waals surface area contributed by atoms with Crippen molar-refractivity contribution in [1.29, 1.82) is 0 Å². The monoisotopic (exact) mass is 688 g/mol. The van der Waals surface area contributed by atoms with E-state index in [9.17, 15) is 27.6 Å². The Hall–Kier alpha value is -3.51. The highest BCUT2D eigenvalue weighted by atomic mass is 35.5. The predicted molar refractivity (Wildman–Crippen MR) is 179 cm³/mol. The van der Waals surface area contributed by atoms with Gasteiger partial charge in [-0.1, -0.05) is 29.8 Å². The molecule has 0 radical (unpaired) electrons. The second kappa shape index (κ2) is 14.5. The van der Waals surface area contributed by atoms with Gasteiger partial charge in [0.15, 0.2) is 0 Å². The Morgan fingerprint density at radius 2 is 1.60 bits per heavy atom. The first kappa shape index (κ1) is 34.4. The van der Waals surface area contributed by atoms with Crippen LogP contribution >= 0.6 is 11.6 Å². The standard InChI is InChI=1S/C35H44ClF3N6O3/c1-40-32-28(35(37,38)39)19-23(20-29(32)36)18-25(33(47)44-16-8-26(9-17-44)42-12-4-5-13-42)21-31(46)43-14-10-27(11-15-43)45-22-24-6-2-3-7-30(24)41-34(45)48/h2-3,6-7,19-20,25-27,40H,4-5,8-18,21-22H2,1H3,(H,41,48)/t25-/m0/s1. The Kier molecular flexibility index (Phi) is 10.4. The molecule has 48 heavy (non-hydrogen) atoms. The van der Waals surface area contributed by atoms with Crippen LogP contribution in [-0.4, -0.2) is 95.8 Å². The van der Waals surface area contributed by atoms with Crippen LogP contribution < -0.4 is 10.6 Å². The lowest BCUT2D eigenvalue weighted by atomic mass is 9.91. The van der Waals surface area contributed by atoms with Gasteiger partial charge in [0.2, 0.25) is 11.8 Å². The first-order valence-corrected chi connectivity index (χ1v) is 17.4. The van der Waals surface area contributed by atoms with E-state index in [0.29, 0.717) is 51.6 Å². The smallest absolute Gasteiger partial charge is 0.386 e. The molecule has 1 atom stereocenters. The highest BCUT2D eigenvalue weighted by molar-refractivity contribution is 6.33. The molecule has 3 saturated heterocycles. The quantitative estimate of drug-likeness (QED) is 0.352. The summed E-state index contributed by atoms with van der Waals surface area (Å²) in [6.07, 6.45) is 0.462. The van der Waals surface area contributed by atoms with Crippen molar-refractivity contribution in [2.75, 3.05) is 56.9 Å². The minimum atomic E-state index is -4.65. The Labute approximate surface area is 284 Å².